The Morgan fingerprint density at radius 3 is 2.68 bits per heavy atom. The molecule has 0 unspecified atom stereocenters. The quantitative estimate of drug-likeness (QED) is 0.860. The zero-order valence-electron chi connectivity index (χ0n) is 14.7. The average molecular weight is 366 g/mol. The number of alkyl carbamates (subject to hydrolysis) is 1. The summed E-state index contributed by atoms with van der Waals surface area (Å²) in [6, 6.07) is 3.85. The van der Waals surface area contributed by atoms with E-state index in [0.29, 0.717) is 30.2 Å². The number of carbonyl (C=O) groups excluding carboxylic acids is 2. The van der Waals surface area contributed by atoms with Crippen LogP contribution in [-0.2, 0) is 9.53 Å². The van der Waals surface area contributed by atoms with Gasteiger partial charge < -0.3 is 20.3 Å². The zero-order valence-corrected chi connectivity index (χ0v) is 15.4. The highest BCUT2D eigenvalue weighted by molar-refractivity contribution is 6.34. The van der Waals surface area contributed by atoms with Gasteiger partial charge >= 0.3 is 6.09 Å². The number of likely N-dealkylation sites (tertiary alicyclic amines) is 1. The number of benzene rings is 1. The van der Waals surface area contributed by atoms with Gasteiger partial charge in [0.25, 0.3) is 0 Å². The SMILES string of the molecule is Cc1cc(C)c(NC(=O)CCN2CCC3(CC2)CNC(=O)O3)c(Cl)c1. The zero-order chi connectivity index (χ0) is 18.0. The molecule has 0 aliphatic carbocycles. The minimum atomic E-state index is -0.345. The highest BCUT2D eigenvalue weighted by Crippen LogP contribution is 2.30. The molecular formula is C18H24ClN3O3. The number of nitrogens with one attached hydrogen (secondary N) is 2. The van der Waals surface area contributed by atoms with Gasteiger partial charge in [-0.3, -0.25) is 4.79 Å². The molecule has 0 bridgehead atoms. The minimum Gasteiger partial charge on any atom is -0.441 e. The van der Waals surface area contributed by atoms with Crippen molar-refractivity contribution in [3.63, 3.8) is 0 Å². The Bertz CT molecular complexity index is 661. The van der Waals surface area contributed by atoms with Crippen LogP contribution in [0.25, 0.3) is 0 Å². The number of aryl methyl sites for hydroxylation is 2. The number of halogens is 1. The standard InChI is InChI=1S/C18H24ClN3O3/c1-12-9-13(2)16(14(19)10-12)21-15(23)3-6-22-7-4-18(5-8-22)11-20-17(24)25-18/h9-10H,3-8,11H2,1-2H3,(H,20,24)(H,21,23). The van der Waals surface area contributed by atoms with Crippen molar-refractivity contribution >= 4 is 29.3 Å². The average Bonchev–Trinajstić information content (AvgIpc) is 2.91. The lowest BCUT2D eigenvalue weighted by Crippen LogP contribution is -2.47. The third kappa shape index (κ3) is 4.25. The summed E-state index contributed by atoms with van der Waals surface area (Å²) in [6.45, 7) is 6.84. The van der Waals surface area contributed by atoms with Crippen molar-refractivity contribution in [1.82, 2.24) is 10.2 Å². The highest BCUT2D eigenvalue weighted by Gasteiger charge is 2.42. The van der Waals surface area contributed by atoms with Crippen LogP contribution in [0.15, 0.2) is 12.1 Å². The van der Waals surface area contributed by atoms with Crippen LogP contribution in [-0.4, -0.2) is 48.7 Å². The molecule has 7 heteroatoms. The molecule has 2 saturated heterocycles. The van der Waals surface area contributed by atoms with Crippen LogP contribution in [0.2, 0.25) is 5.02 Å². The van der Waals surface area contributed by atoms with E-state index in [1.165, 1.54) is 0 Å². The molecule has 2 N–H and O–H groups in total. The second-order valence-electron chi connectivity index (χ2n) is 7.00. The molecular weight excluding hydrogens is 342 g/mol. The predicted octanol–water partition coefficient (Wildman–Crippen LogP) is 2.86. The summed E-state index contributed by atoms with van der Waals surface area (Å²) in [5, 5.41) is 6.22. The molecule has 25 heavy (non-hydrogen) atoms. The first-order valence-electron chi connectivity index (χ1n) is 8.63. The molecule has 0 aromatic heterocycles. The number of anilines is 1. The number of ether oxygens (including phenoxy) is 1. The third-order valence-electron chi connectivity index (χ3n) is 4.98. The second kappa shape index (κ2) is 7.22. The van der Waals surface area contributed by atoms with E-state index in [1.54, 1.807) is 0 Å². The maximum absolute atomic E-state index is 12.3. The molecule has 2 heterocycles. The van der Waals surface area contributed by atoms with E-state index in [-0.39, 0.29) is 17.6 Å². The van der Waals surface area contributed by atoms with E-state index in [9.17, 15) is 9.59 Å². The minimum absolute atomic E-state index is 0.0388. The summed E-state index contributed by atoms with van der Waals surface area (Å²) < 4.78 is 5.41. The lowest BCUT2D eigenvalue weighted by Gasteiger charge is -2.37. The van der Waals surface area contributed by atoms with Gasteiger partial charge in [-0.1, -0.05) is 17.7 Å². The smallest absolute Gasteiger partial charge is 0.407 e. The molecule has 136 valence electrons. The largest absolute Gasteiger partial charge is 0.441 e. The Morgan fingerprint density at radius 2 is 2.08 bits per heavy atom. The molecule has 0 saturated carbocycles. The molecule has 0 radical (unpaired) electrons. The van der Waals surface area contributed by atoms with E-state index in [1.807, 2.05) is 26.0 Å². The normalized spacial score (nSPS) is 19.6. The van der Waals surface area contributed by atoms with Crippen molar-refractivity contribution in [3.8, 4) is 0 Å². The number of carbonyl (C=O) groups is 2. The maximum atomic E-state index is 12.3. The monoisotopic (exact) mass is 365 g/mol. The van der Waals surface area contributed by atoms with Crippen molar-refractivity contribution < 1.29 is 14.3 Å². The van der Waals surface area contributed by atoms with Crippen molar-refractivity contribution in [2.45, 2.75) is 38.7 Å². The molecule has 2 fully saturated rings. The number of nitrogens with zero attached hydrogens (tertiary/aromatic N) is 1. The van der Waals surface area contributed by atoms with Gasteiger partial charge in [0.2, 0.25) is 5.91 Å². The molecule has 2 aliphatic heterocycles. The molecule has 1 spiro atoms. The van der Waals surface area contributed by atoms with Crippen LogP contribution >= 0.6 is 11.6 Å². The van der Waals surface area contributed by atoms with Gasteiger partial charge in [0.1, 0.15) is 5.60 Å². The van der Waals surface area contributed by atoms with Gasteiger partial charge in [0.15, 0.2) is 0 Å². The lowest BCUT2D eigenvalue weighted by molar-refractivity contribution is -0.116. The van der Waals surface area contributed by atoms with E-state index in [4.69, 9.17) is 16.3 Å². The molecule has 1 aromatic rings. The van der Waals surface area contributed by atoms with Gasteiger partial charge in [-0.15, -0.1) is 0 Å². The van der Waals surface area contributed by atoms with Crippen LogP contribution in [0.1, 0.15) is 30.4 Å². The van der Waals surface area contributed by atoms with Crippen LogP contribution in [0.4, 0.5) is 10.5 Å². The van der Waals surface area contributed by atoms with Gasteiger partial charge in [0.05, 0.1) is 17.3 Å². The third-order valence-corrected chi connectivity index (χ3v) is 5.28. The highest BCUT2D eigenvalue weighted by atomic mass is 35.5. The molecule has 2 amide bonds. The Morgan fingerprint density at radius 1 is 1.36 bits per heavy atom. The topological polar surface area (TPSA) is 70.7 Å². The molecule has 2 aliphatic rings. The Kier molecular flexibility index (Phi) is 5.20. The fraction of sp³-hybridized carbons (Fsp3) is 0.556. The Balaban J connectivity index is 1.47. The summed E-state index contributed by atoms with van der Waals surface area (Å²) in [4.78, 5) is 25.8. The van der Waals surface area contributed by atoms with Crippen molar-refractivity contribution in [3.05, 3.63) is 28.3 Å². The van der Waals surface area contributed by atoms with Crippen molar-refractivity contribution in [2.24, 2.45) is 0 Å². The van der Waals surface area contributed by atoms with E-state index >= 15 is 0 Å². The first-order chi connectivity index (χ1) is 11.9. The molecule has 0 atom stereocenters. The predicted molar refractivity (Wildman–Crippen MR) is 97.1 cm³/mol. The van der Waals surface area contributed by atoms with Crippen LogP contribution in [0.5, 0.6) is 0 Å². The summed E-state index contributed by atoms with van der Waals surface area (Å²) in [6.07, 6.45) is 1.69. The van der Waals surface area contributed by atoms with Crippen molar-refractivity contribution in [1.29, 1.82) is 0 Å². The van der Waals surface area contributed by atoms with Crippen LogP contribution in [0.3, 0.4) is 0 Å². The number of piperidine rings is 1. The van der Waals surface area contributed by atoms with E-state index in [2.05, 4.69) is 15.5 Å². The molecule has 6 nitrogen and oxygen atoms in total. The fourth-order valence-corrected chi connectivity index (χ4v) is 3.87. The molecule has 1 aromatic carbocycles. The second-order valence-corrected chi connectivity index (χ2v) is 7.41. The van der Waals surface area contributed by atoms with Crippen LogP contribution in [0, 0.1) is 13.8 Å². The van der Waals surface area contributed by atoms with Gasteiger partial charge in [-0.2, -0.15) is 0 Å². The first kappa shape index (κ1) is 18.0. The van der Waals surface area contributed by atoms with Gasteiger partial charge in [-0.25, -0.2) is 4.79 Å². The Hall–Kier alpha value is -1.79. The van der Waals surface area contributed by atoms with Gasteiger partial charge in [-0.05, 0) is 31.0 Å². The van der Waals surface area contributed by atoms with E-state index < -0.39 is 0 Å². The summed E-state index contributed by atoms with van der Waals surface area (Å²) >= 11 is 6.24. The van der Waals surface area contributed by atoms with Gasteiger partial charge in [0, 0.05) is 38.9 Å². The lowest BCUT2D eigenvalue weighted by atomic mass is 9.91. The summed E-state index contributed by atoms with van der Waals surface area (Å²) in [7, 11) is 0. The van der Waals surface area contributed by atoms with E-state index in [0.717, 1.165) is 37.1 Å². The number of hydrogen-bond donors (Lipinski definition) is 2. The Labute approximate surface area is 152 Å². The molecule has 3 rings (SSSR count). The summed E-state index contributed by atoms with van der Waals surface area (Å²) in [5.74, 6) is -0.0388. The maximum Gasteiger partial charge on any atom is 0.407 e. The summed E-state index contributed by atoms with van der Waals surface area (Å²) in [5.41, 5.74) is 2.39. The van der Waals surface area contributed by atoms with Crippen molar-refractivity contribution in [2.75, 3.05) is 31.5 Å². The number of rotatable bonds is 4. The fourth-order valence-electron chi connectivity index (χ4n) is 3.50. The van der Waals surface area contributed by atoms with Crippen LogP contribution < -0.4 is 10.6 Å². The number of amides is 2. The first-order valence-corrected chi connectivity index (χ1v) is 9.00. The number of hydrogen-bond acceptors (Lipinski definition) is 4.